The summed E-state index contributed by atoms with van der Waals surface area (Å²) >= 11 is 0. The Balaban J connectivity index is 2.59. The van der Waals surface area contributed by atoms with Gasteiger partial charge in [-0.2, -0.15) is 0 Å². The highest BCUT2D eigenvalue weighted by atomic mass is 15.3. The molecule has 1 heterocycles. The van der Waals surface area contributed by atoms with Gasteiger partial charge >= 0.3 is 0 Å². The van der Waals surface area contributed by atoms with Crippen molar-refractivity contribution in [1.29, 1.82) is 0 Å². The van der Waals surface area contributed by atoms with Crippen LogP contribution in [0.4, 0.5) is 0 Å². The third-order valence-electron chi connectivity index (χ3n) is 1.02. The maximum absolute atomic E-state index is 5.13. The van der Waals surface area contributed by atoms with E-state index in [2.05, 4.69) is 15.4 Å². The predicted molar refractivity (Wildman–Crippen MR) is 36.9 cm³/mol. The zero-order valence-corrected chi connectivity index (χ0v) is 5.44. The lowest BCUT2D eigenvalue weighted by Crippen LogP contribution is -1.92. The number of nitrogens with two attached hydrogens (primary N) is 1. The topological polar surface area (TPSA) is 64.7 Å². The summed E-state index contributed by atoms with van der Waals surface area (Å²) in [5, 5.41) is 10.7. The van der Waals surface area contributed by atoms with E-state index in [1.54, 1.807) is 12.3 Å². The molecule has 0 aliphatic carbocycles. The van der Waals surface area contributed by atoms with E-state index >= 15 is 0 Å². The highest BCUT2D eigenvalue weighted by Crippen LogP contribution is 1.90. The monoisotopic (exact) mass is 136 g/mol. The largest absolute Gasteiger partial charge is 0.405 e. The molecule has 0 saturated carbocycles. The van der Waals surface area contributed by atoms with Crippen LogP contribution in [0.3, 0.4) is 0 Å². The van der Waals surface area contributed by atoms with Crippen molar-refractivity contribution in [3.63, 3.8) is 0 Å². The van der Waals surface area contributed by atoms with Crippen molar-refractivity contribution in [2.75, 3.05) is 0 Å². The van der Waals surface area contributed by atoms with Crippen molar-refractivity contribution in [3.05, 3.63) is 30.2 Å². The fraction of sp³-hybridized carbons (Fsp3) is 0.167. The first kappa shape index (κ1) is 6.67. The zero-order chi connectivity index (χ0) is 7.23. The lowest BCUT2D eigenvalue weighted by atomic mass is 10.3. The van der Waals surface area contributed by atoms with Crippen molar-refractivity contribution in [1.82, 2.24) is 15.4 Å². The molecule has 0 radical (unpaired) electrons. The lowest BCUT2D eigenvalue weighted by Gasteiger charge is -1.88. The van der Waals surface area contributed by atoms with E-state index in [0.29, 0.717) is 6.42 Å². The average molecular weight is 136 g/mol. The summed E-state index contributed by atoms with van der Waals surface area (Å²) in [5.74, 6) is 0. The van der Waals surface area contributed by atoms with Crippen LogP contribution in [-0.2, 0) is 6.42 Å². The first-order valence-electron chi connectivity index (χ1n) is 2.93. The summed E-state index contributed by atoms with van der Waals surface area (Å²) in [6.07, 6.45) is 5.62. The molecule has 0 saturated heterocycles. The van der Waals surface area contributed by atoms with Crippen LogP contribution in [-0.4, -0.2) is 15.4 Å². The van der Waals surface area contributed by atoms with Gasteiger partial charge in [-0.15, -0.1) is 10.2 Å². The summed E-state index contributed by atoms with van der Waals surface area (Å²) in [4.78, 5) is 0. The van der Waals surface area contributed by atoms with E-state index in [9.17, 15) is 0 Å². The van der Waals surface area contributed by atoms with Gasteiger partial charge in [-0.3, -0.25) is 0 Å². The normalized spacial score (nSPS) is 10.4. The highest BCUT2D eigenvalue weighted by Gasteiger charge is 1.87. The Morgan fingerprint density at radius 1 is 1.60 bits per heavy atom. The van der Waals surface area contributed by atoms with Crippen LogP contribution in [0, 0.1) is 0 Å². The number of rotatable bonds is 2. The molecule has 4 nitrogen and oxygen atoms in total. The molecule has 0 spiro atoms. The van der Waals surface area contributed by atoms with Crippen molar-refractivity contribution < 1.29 is 0 Å². The Hall–Kier alpha value is -1.45. The van der Waals surface area contributed by atoms with Gasteiger partial charge in [0.15, 0.2) is 0 Å². The maximum Gasteiger partial charge on any atom is 0.0703 e. The van der Waals surface area contributed by atoms with E-state index in [0.717, 1.165) is 5.69 Å². The van der Waals surface area contributed by atoms with Crippen LogP contribution in [0.15, 0.2) is 24.5 Å². The van der Waals surface area contributed by atoms with Gasteiger partial charge in [0.25, 0.3) is 0 Å². The Kier molecular flexibility index (Phi) is 2.37. The Morgan fingerprint density at radius 2 is 2.50 bits per heavy atom. The van der Waals surface area contributed by atoms with Crippen LogP contribution in [0.1, 0.15) is 5.69 Å². The highest BCUT2D eigenvalue weighted by molar-refractivity contribution is 5.01. The SMILES string of the molecule is NC=CCc1ccnnn1. The molecule has 0 atom stereocenters. The summed E-state index contributed by atoms with van der Waals surface area (Å²) in [5.41, 5.74) is 6.00. The number of aromatic nitrogens is 3. The number of nitrogens with zero attached hydrogens (tertiary/aromatic N) is 3. The second kappa shape index (κ2) is 3.55. The van der Waals surface area contributed by atoms with E-state index < -0.39 is 0 Å². The summed E-state index contributed by atoms with van der Waals surface area (Å²) in [6.45, 7) is 0. The molecule has 0 aromatic carbocycles. The van der Waals surface area contributed by atoms with Crippen LogP contribution in [0.25, 0.3) is 0 Å². The minimum absolute atomic E-state index is 0.714. The molecule has 0 unspecified atom stereocenters. The molecule has 0 fully saturated rings. The molecule has 2 N–H and O–H groups in total. The molecule has 0 bridgehead atoms. The number of hydrogen-bond donors (Lipinski definition) is 1. The zero-order valence-electron chi connectivity index (χ0n) is 5.44. The Bertz CT molecular complexity index is 206. The standard InChI is InChI=1S/C6H8N4/c7-4-1-2-6-3-5-8-10-9-6/h1,3-5H,2,7H2. The Morgan fingerprint density at radius 3 is 3.10 bits per heavy atom. The molecule has 4 heteroatoms. The third kappa shape index (κ3) is 1.81. The van der Waals surface area contributed by atoms with Gasteiger partial charge < -0.3 is 5.73 Å². The van der Waals surface area contributed by atoms with E-state index in [1.165, 1.54) is 6.20 Å². The smallest absolute Gasteiger partial charge is 0.0703 e. The third-order valence-corrected chi connectivity index (χ3v) is 1.02. The minimum Gasteiger partial charge on any atom is -0.405 e. The first-order valence-corrected chi connectivity index (χ1v) is 2.93. The molecule has 10 heavy (non-hydrogen) atoms. The van der Waals surface area contributed by atoms with Gasteiger partial charge in [0, 0.05) is 6.42 Å². The first-order chi connectivity index (χ1) is 4.93. The average Bonchev–Trinajstić information content (AvgIpc) is 2.03. The van der Waals surface area contributed by atoms with Gasteiger partial charge in [-0.1, -0.05) is 6.08 Å². The molecule has 0 aliphatic heterocycles. The lowest BCUT2D eigenvalue weighted by molar-refractivity contribution is 0.824. The fourth-order valence-corrected chi connectivity index (χ4v) is 0.563. The van der Waals surface area contributed by atoms with Gasteiger partial charge in [0.1, 0.15) is 0 Å². The number of hydrogen-bond acceptors (Lipinski definition) is 4. The molecule has 1 aromatic heterocycles. The van der Waals surface area contributed by atoms with Crippen molar-refractivity contribution in [2.24, 2.45) is 5.73 Å². The molecule has 0 aliphatic rings. The maximum atomic E-state index is 5.13. The van der Waals surface area contributed by atoms with E-state index in [1.807, 2.05) is 6.08 Å². The van der Waals surface area contributed by atoms with Gasteiger partial charge in [0.05, 0.1) is 11.9 Å². The van der Waals surface area contributed by atoms with Crippen molar-refractivity contribution >= 4 is 0 Å². The van der Waals surface area contributed by atoms with Crippen LogP contribution >= 0.6 is 0 Å². The fourth-order valence-electron chi connectivity index (χ4n) is 0.563. The molecule has 1 aromatic rings. The second-order valence-electron chi connectivity index (χ2n) is 1.74. The van der Waals surface area contributed by atoms with E-state index in [-0.39, 0.29) is 0 Å². The molecule has 0 amide bonds. The van der Waals surface area contributed by atoms with Gasteiger partial charge in [0.2, 0.25) is 0 Å². The summed E-state index contributed by atoms with van der Waals surface area (Å²) < 4.78 is 0. The quantitative estimate of drug-likeness (QED) is 0.616. The van der Waals surface area contributed by atoms with E-state index in [4.69, 9.17) is 5.73 Å². The Labute approximate surface area is 58.8 Å². The summed E-state index contributed by atoms with van der Waals surface area (Å²) in [7, 11) is 0. The van der Waals surface area contributed by atoms with Crippen LogP contribution < -0.4 is 5.73 Å². The molecular formula is C6H8N4. The molecule has 1 rings (SSSR count). The predicted octanol–water partition coefficient (Wildman–Crippen LogP) is -0.114. The van der Waals surface area contributed by atoms with Crippen molar-refractivity contribution in [3.8, 4) is 0 Å². The minimum atomic E-state index is 0.714. The second-order valence-corrected chi connectivity index (χ2v) is 1.74. The van der Waals surface area contributed by atoms with Crippen LogP contribution in [0.2, 0.25) is 0 Å². The van der Waals surface area contributed by atoms with Crippen LogP contribution in [0.5, 0.6) is 0 Å². The van der Waals surface area contributed by atoms with Gasteiger partial charge in [-0.05, 0) is 17.5 Å². The van der Waals surface area contributed by atoms with Crippen molar-refractivity contribution in [2.45, 2.75) is 6.42 Å². The summed E-state index contributed by atoms with van der Waals surface area (Å²) in [6, 6.07) is 1.80. The molecule has 52 valence electrons. The van der Waals surface area contributed by atoms with Gasteiger partial charge in [-0.25, -0.2) is 0 Å². The molecular weight excluding hydrogens is 128 g/mol. The number of allylic oxidation sites excluding steroid dienone is 1.